The molecule has 2 atom stereocenters. The van der Waals surface area contributed by atoms with Gasteiger partial charge in [0.1, 0.15) is 23.4 Å². The van der Waals surface area contributed by atoms with Gasteiger partial charge < -0.3 is 14.2 Å². The topological polar surface area (TPSA) is 27.7 Å². The zero-order valence-corrected chi connectivity index (χ0v) is 15.8. The van der Waals surface area contributed by atoms with Crippen LogP contribution in [0.5, 0.6) is 17.2 Å². The smallest absolute Gasteiger partial charge is 0.131 e. The van der Waals surface area contributed by atoms with Crippen molar-refractivity contribution in [2.45, 2.75) is 45.6 Å². The number of hydrogen-bond acceptors (Lipinski definition) is 3. The van der Waals surface area contributed by atoms with E-state index in [1.54, 1.807) is 14.2 Å². The lowest BCUT2D eigenvalue weighted by Gasteiger charge is -2.34. The molecular formula is C22H28O3. The van der Waals surface area contributed by atoms with Gasteiger partial charge in [0, 0.05) is 17.7 Å². The third-order valence-electron chi connectivity index (χ3n) is 4.91. The van der Waals surface area contributed by atoms with Gasteiger partial charge in [-0.1, -0.05) is 43.7 Å². The Morgan fingerprint density at radius 3 is 2.40 bits per heavy atom. The molecule has 1 aliphatic heterocycles. The van der Waals surface area contributed by atoms with Crippen LogP contribution in [0, 0.1) is 12.8 Å². The number of methoxy groups -OCH3 is 2. The Bertz CT molecular complexity index is 719. The predicted octanol–water partition coefficient (Wildman–Crippen LogP) is 5.67. The Balaban J connectivity index is 2.03. The van der Waals surface area contributed by atoms with Crippen LogP contribution in [0.1, 0.15) is 55.4 Å². The highest BCUT2D eigenvalue weighted by Gasteiger charge is 2.33. The van der Waals surface area contributed by atoms with E-state index in [2.05, 4.69) is 45.0 Å². The molecule has 1 aliphatic rings. The van der Waals surface area contributed by atoms with E-state index in [0.29, 0.717) is 11.8 Å². The summed E-state index contributed by atoms with van der Waals surface area (Å²) in [4.78, 5) is 0. The lowest BCUT2D eigenvalue weighted by atomic mass is 9.81. The van der Waals surface area contributed by atoms with Gasteiger partial charge in [-0.25, -0.2) is 0 Å². The summed E-state index contributed by atoms with van der Waals surface area (Å²) in [6.45, 7) is 6.65. The lowest BCUT2D eigenvalue weighted by molar-refractivity contribution is 0.151. The zero-order valence-electron chi connectivity index (χ0n) is 15.8. The third kappa shape index (κ3) is 3.76. The molecule has 0 unspecified atom stereocenters. The maximum atomic E-state index is 6.39. The number of fused-ring (bicyclic) bond motifs is 1. The molecule has 2 aromatic carbocycles. The first-order chi connectivity index (χ1) is 12.0. The van der Waals surface area contributed by atoms with Crippen molar-refractivity contribution in [2.75, 3.05) is 14.2 Å². The van der Waals surface area contributed by atoms with Crippen LogP contribution >= 0.6 is 0 Å². The van der Waals surface area contributed by atoms with Crippen molar-refractivity contribution in [2.24, 2.45) is 5.92 Å². The van der Waals surface area contributed by atoms with E-state index < -0.39 is 0 Å². The van der Waals surface area contributed by atoms with Gasteiger partial charge in [-0.05, 0) is 37.2 Å². The highest BCUT2D eigenvalue weighted by Crippen LogP contribution is 2.50. The number of aryl methyl sites for hydroxylation is 1. The van der Waals surface area contributed by atoms with Gasteiger partial charge in [0.05, 0.1) is 14.2 Å². The zero-order chi connectivity index (χ0) is 18.0. The normalized spacial score (nSPS) is 19.3. The van der Waals surface area contributed by atoms with Crippen molar-refractivity contribution in [1.82, 2.24) is 0 Å². The molecule has 134 valence electrons. The van der Waals surface area contributed by atoms with Gasteiger partial charge >= 0.3 is 0 Å². The molecule has 3 rings (SSSR count). The van der Waals surface area contributed by atoms with E-state index in [0.717, 1.165) is 30.1 Å². The number of ether oxygens (including phenoxy) is 3. The Kier molecular flexibility index (Phi) is 5.22. The molecule has 0 saturated heterocycles. The van der Waals surface area contributed by atoms with Crippen LogP contribution in [0.2, 0.25) is 0 Å². The minimum Gasteiger partial charge on any atom is -0.496 e. The van der Waals surface area contributed by atoms with Crippen LogP contribution in [-0.2, 0) is 0 Å². The quantitative estimate of drug-likeness (QED) is 0.702. The van der Waals surface area contributed by atoms with E-state index in [9.17, 15) is 0 Å². The van der Waals surface area contributed by atoms with Crippen LogP contribution in [0.25, 0.3) is 0 Å². The fourth-order valence-electron chi connectivity index (χ4n) is 3.71. The average Bonchev–Trinajstić information content (AvgIpc) is 2.60. The van der Waals surface area contributed by atoms with Crippen molar-refractivity contribution < 1.29 is 14.2 Å². The number of rotatable bonds is 5. The fourth-order valence-corrected chi connectivity index (χ4v) is 3.71. The van der Waals surface area contributed by atoms with Crippen molar-refractivity contribution >= 4 is 0 Å². The van der Waals surface area contributed by atoms with Crippen molar-refractivity contribution in [3.05, 3.63) is 53.1 Å². The van der Waals surface area contributed by atoms with Crippen molar-refractivity contribution in [3.63, 3.8) is 0 Å². The van der Waals surface area contributed by atoms with Crippen LogP contribution in [-0.4, -0.2) is 14.2 Å². The van der Waals surface area contributed by atoms with Crippen LogP contribution in [0.15, 0.2) is 36.4 Å². The van der Waals surface area contributed by atoms with Gasteiger partial charge in [-0.2, -0.15) is 0 Å². The lowest BCUT2D eigenvalue weighted by Crippen LogP contribution is -2.21. The molecular weight excluding hydrogens is 312 g/mol. The molecule has 0 spiro atoms. The first-order valence-electron chi connectivity index (χ1n) is 9.01. The minimum absolute atomic E-state index is 0.0636. The molecule has 0 aromatic heterocycles. The molecule has 3 heteroatoms. The Morgan fingerprint density at radius 2 is 1.80 bits per heavy atom. The second kappa shape index (κ2) is 7.38. The van der Waals surface area contributed by atoms with E-state index >= 15 is 0 Å². The van der Waals surface area contributed by atoms with Crippen LogP contribution in [0.3, 0.4) is 0 Å². The molecule has 0 bridgehead atoms. The van der Waals surface area contributed by atoms with Gasteiger partial charge in [-0.15, -0.1) is 0 Å². The van der Waals surface area contributed by atoms with Crippen molar-refractivity contribution in [1.29, 1.82) is 0 Å². The first-order valence-corrected chi connectivity index (χ1v) is 9.01. The molecule has 0 aliphatic carbocycles. The summed E-state index contributed by atoms with van der Waals surface area (Å²) in [5.74, 6) is 3.54. The largest absolute Gasteiger partial charge is 0.496 e. The standard InChI is InChI=1S/C22H28O3/c1-14(2)10-17-11-19(16-8-6-15(3)7-9-16)25-21-13-18(23-4)12-20(24-5)22(17)21/h6-9,12-14,17,19H,10-11H2,1-5H3/t17-,19-/m0/s1. The van der Waals surface area contributed by atoms with E-state index in [1.165, 1.54) is 16.7 Å². The Morgan fingerprint density at radius 1 is 1.08 bits per heavy atom. The predicted molar refractivity (Wildman–Crippen MR) is 101 cm³/mol. The number of hydrogen-bond donors (Lipinski definition) is 0. The summed E-state index contributed by atoms with van der Waals surface area (Å²) >= 11 is 0. The van der Waals surface area contributed by atoms with Gasteiger partial charge in [-0.3, -0.25) is 0 Å². The summed E-state index contributed by atoms with van der Waals surface area (Å²) in [6, 6.07) is 12.6. The number of benzene rings is 2. The SMILES string of the molecule is COc1cc(OC)c2c(c1)O[C@H](c1ccc(C)cc1)C[C@@H]2CC(C)C. The highest BCUT2D eigenvalue weighted by molar-refractivity contribution is 5.54. The third-order valence-corrected chi connectivity index (χ3v) is 4.91. The van der Waals surface area contributed by atoms with E-state index in [1.807, 2.05) is 12.1 Å². The van der Waals surface area contributed by atoms with E-state index in [-0.39, 0.29) is 6.10 Å². The molecule has 3 nitrogen and oxygen atoms in total. The van der Waals surface area contributed by atoms with Gasteiger partial charge in [0.2, 0.25) is 0 Å². The molecule has 0 saturated carbocycles. The summed E-state index contributed by atoms with van der Waals surface area (Å²) in [5.41, 5.74) is 3.68. The highest BCUT2D eigenvalue weighted by atomic mass is 16.5. The Labute approximate surface area is 150 Å². The van der Waals surface area contributed by atoms with Crippen molar-refractivity contribution in [3.8, 4) is 17.2 Å². The fraction of sp³-hybridized carbons (Fsp3) is 0.455. The van der Waals surface area contributed by atoms with Crippen LogP contribution < -0.4 is 14.2 Å². The van der Waals surface area contributed by atoms with E-state index in [4.69, 9.17) is 14.2 Å². The summed E-state index contributed by atoms with van der Waals surface area (Å²) < 4.78 is 17.5. The second-order valence-corrected chi connectivity index (χ2v) is 7.32. The summed E-state index contributed by atoms with van der Waals surface area (Å²) in [7, 11) is 3.39. The monoisotopic (exact) mass is 340 g/mol. The maximum Gasteiger partial charge on any atom is 0.131 e. The first kappa shape index (κ1) is 17.7. The van der Waals surface area contributed by atoms with Gasteiger partial charge in [0.15, 0.2) is 0 Å². The molecule has 1 heterocycles. The second-order valence-electron chi connectivity index (χ2n) is 7.32. The maximum absolute atomic E-state index is 6.39. The molecule has 2 aromatic rings. The molecule has 25 heavy (non-hydrogen) atoms. The minimum atomic E-state index is 0.0636. The molecule has 0 amide bonds. The van der Waals surface area contributed by atoms with Gasteiger partial charge in [0.25, 0.3) is 0 Å². The molecule has 0 fully saturated rings. The Hall–Kier alpha value is -2.16. The molecule has 0 radical (unpaired) electrons. The van der Waals surface area contributed by atoms with Crippen LogP contribution in [0.4, 0.5) is 0 Å². The average molecular weight is 340 g/mol. The summed E-state index contributed by atoms with van der Waals surface area (Å²) in [6.07, 6.45) is 2.15. The summed E-state index contributed by atoms with van der Waals surface area (Å²) in [5, 5.41) is 0. The molecule has 0 N–H and O–H groups in total.